The third kappa shape index (κ3) is 3.48. The summed E-state index contributed by atoms with van der Waals surface area (Å²) in [6.45, 7) is 2.99. The van der Waals surface area contributed by atoms with E-state index in [1.807, 2.05) is 11.6 Å². The van der Waals surface area contributed by atoms with Crippen LogP contribution >= 0.6 is 0 Å². The van der Waals surface area contributed by atoms with E-state index < -0.39 is 0 Å². The predicted octanol–water partition coefficient (Wildman–Crippen LogP) is 0.796. The third-order valence-corrected chi connectivity index (χ3v) is 1.76. The molecule has 0 aliphatic heterocycles. The van der Waals surface area contributed by atoms with E-state index in [-0.39, 0.29) is 0 Å². The van der Waals surface area contributed by atoms with Gasteiger partial charge in [-0.25, -0.2) is 4.98 Å². The standard InChI is InChI=1S/C8H16N4/c1-8(9)4-2-3-5-12-7-10-6-11-12/h6-8H,2-5,9H2,1H3/t8-/m1/s1. The molecule has 1 aromatic heterocycles. The van der Waals surface area contributed by atoms with Gasteiger partial charge in [0.15, 0.2) is 0 Å². The summed E-state index contributed by atoms with van der Waals surface area (Å²) < 4.78 is 1.85. The maximum Gasteiger partial charge on any atom is 0.137 e. The van der Waals surface area contributed by atoms with Gasteiger partial charge in [0.1, 0.15) is 12.7 Å². The number of nitrogens with zero attached hydrogens (tertiary/aromatic N) is 3. The Morgan fingerprint density at radius 1 is 1.50 bits per heavy atom. The lowest BCUT2D eigenvalue weighted by atomic mass is 10.1. The molecule has 4 heteroatoms. The number of rotatable bonds is 5. The van der Waals surface area contributed by atoms with E-state index in [1.54, 1.807) is 12.7 Å². The van der Waals surface area contributed by atoms with Crippen molar-refractivity contribution in [3.8, 4) is 0 Å². The summed E-state index contributed by atoms with van der Waals surface area (Å²) >= 11 is 0. The number of hydrogen-bond donors (Lipinski definition) is 1. The van der Waals surface area contributed by atoms with Crippen LogP contribution < -0.4 is 5.73 Å². The molecular formula is C8H16N4. The number of aromatic nitrogens is 3. The lowest BCUT2D eigenvalue weighted by Gasteiger charge is -2.03. The van der Waals surface area contributed by atoms with Gasteiger partial charge >= 0.3 is 0 Å². The maximum absolute atomic E-state index is 5.62. The van der Waals surface area contributed by atoms with Gasteiger partial charge in [0.05, 0.1) is 0 Å². The van der Waals surface area contributed by atoms with Gasteiger partial charge in [0.2, 0.25) is 0 Å². The summed E-state index contributed by atoms with van der Waals surface area (Å²) in [5.41, 5.74) is 5.62. The van der Waals surface area contributed by atoms with E-state index in [2.05, 4.69) is 10.1 Å². The Hall–Kier alpha value is -0.900. The fourth-order valence-electron chi connectivity index (χ4n) is 1.09. The van der Waals surface area contributed by atoms with Crippen LogP contribution in [0.15, 0.2) is 12.7 Å². The van der Waals surface area contributed by atoms with E-state index in [4.69, 9.17) is 5.73 Å². The Kier molecular flexibility index (Phi) is 3.73. The summed E-state index contributed by atoms with van der Waals surface area (Å²) in [6.07, 6.45) is 6.69. The van der Waals surface area contributed by atoms with Crippen LogP contribution in [-0.4, -0.2) is 20.8 Å². The van der Waals surface area contributed by atoms with E-state index in [1.165, 1.54) is 0 Å². The molecule has 0 saturated carbocycles. The van der Waals surface area contributed by atoms with Gasteiger partial charge in [-0.2, -0.15) is 5.10 Å². The van der Waals surface area contributed by atoms with Crippen molar-refractivity contribution in [2.45, 2.75) is 38.8 Å². The minimum absolute atomic E-state index is 0.320. The summed E-state index contributed by atoms with van der Waals surface area (Å²) in [7, 11) is 0. The van der Waals surface area contributed by atoms with Crippen LogP contribution in [0.25, 0.3) is 0 Å². The Balaban J connectivity index is 2.04. The van der Waals surface area contributed by atoms with Crippen molar-refractivity contribution < 1.29 is 0 Å². The summed E-state index contributed by atoms with van der Waals surface area (Å²) in [5, 5.41) is 4.01. The van der Waals surface area contributed by atoms with Crippen molar-refractivity contribution in [2.24, 2.45) is 5.73 Å². The van der Waals surface area contributed by atoms with Crippen LogP contribution in [0.4, 0.5) is 0 Å². The lowest BCUT2D eigenvalue weighted by Crippen LogP contribution is -2.14. The molecule has 0 fully saturated rings. The molecule has 1 rings (SSSR count). The van der Waals surface area contributed by atoms with Crippen molar-refractivity contribution >= 4 is 0 Å². The third-order valence-electron chi connectivity index (χ3n) is 1.76. The molecule has 12 heavy (non-hydrogen) atoms. The van der Waals surface area contributed by atoms with Gasteiger partial charge in [-0.15, -0.1) is 0 Å². The van der Waals surface area contributed by atoms with Gasteiger partial charge in [0.25, 0.3) is 0 Å². The van der Waals surface area contributed by atoms with Gasteiger partial charge < -0.3 is 5.73 Å². The van der Waals surface area contributed by atoms with E-state index in [0.29, 0.717) is 6.04 Å². The first-order valence-electron chi connectivity index (χ1n) is 4.37. The number of aryl methyl sites for hydroxylation is 1. The van der Waals surface area contributed by atoms with E-state index in [9.17, 15) is 0 Å². The minimum Gasteiger partial charge on any atom is -0.328 e. The highest BCUT2D eigenvalue weighted by molar-refractivity contribution is 4.57. The number of nitrogens with two attached hydrogens (primary N) is 1. The second-order valence-corrected chi connectivity index (χ2v) is 3.13. The van der Waals surface area contributed by atoms with Crippen LogP contribution in [0.1, 0.15) is 26.2 Å². The summed E-state index contributed by atoms with van der Waals surface area (Å²) in [4.78, 5) is 3.86. The van der Waals surface area contributed by atoms with E-state index >= 15 is 0 Å². The molecule has 0 aliphatic rings. The molecule has 0 spiro atoms. The van der Waals surface area contributed by atoms with Crippen LogP contribution in [0.3, 0.4) is 0 Å². The minimum atomic E-state index is 0.320. The molecule has 0 radical (unpaired) electrons. The molecular weight excluding hydrogens is 152 g/mol. The molecule has 0 aromatic carbocycles. The van der Waals surface area contributed by atoms with Crippen molar-refractivity contribution in [2.75, 3.05) is 0 Å². The van der Waals surface area contributed by atoms with Crippen molar-refractivity contribution in [3.63, 3.8) is 0 Å². The molecule has 0 saturated heterocycles. The molecule has 1 atom stereocenters. The lowest BCUT2D eigenvalue weighted by molar-refractivity contribution is 0.520. The Labute approximate surface area is 72.8 Å². The average molecular weight is 168 g/mol. The van der Waals surface area contributed by atoms with Gasteiger partial charge in [-0.1, -0.05) is 6.42 Å². The molecule has 0 unspecified atom stereocenters. The fourth-order valence-corrected chi connectivity index (χ4v) is 1.09. The highest BCUT2D eigenvalue weighted by Crippen LogP contribution is 1.99. The van der Waals surface area contributed by atoms with Crippen molar-refractivity contribution in [3.05, 3.63) is 12.7 Å². The fraction of sp³-hybridized carbons (Fsp3) is 0.750. The molecule has 0 bridgehead atoms. The zero-order valence-electron chi connectivity index (χ0n) is 7.48. The molecule has 2 N–H and O–H groups in total. The van der Waals surface area contributed by atoms with Gasteiger partial charge in [0, 0.05) is 12.6 Å². The molecule has 68 valence electrons. The average Bonchev–Trinajstić information content (AvgIpc) is 2.49. The zero-order valence-corrected chi connectivity index (χ0v) is 7.48. The quantitative estimate of drug-likeness (QED) is 0.661. The molecule has 1 heterocycles. The summed E-state index contributed by atoms with van der Waals surface area (Å²) in [5.74, 6) is 0. The second-order valence-electron chi connectivity index (χ2n) is 3.13. The molecule has 0 amide bonds. The Morgan fingerprint density at radius 2 is 2.33 bits per heavy atom. The second kappa shape index (κ2) is 4.87. The maximum atomic E-state index is 5.62. The van der Waals surface area contributed by atoms with Crippen LogP contribution in [0.5, 0.6) is 0 Å². The summed E-state index contributed by atoms with van der Waals surface area (Å²) in [6, 6.07) is 0.320. The largest absolute Gasteiger partial charge is 0.328 e. The molecule has 1 aromatic rings. The number of unbranched alkanes of at least 4 members (excludes halogenated alkanes) is 1. The first-order valence-corrected chi connectivity index (χ1v) is 4.37. The van der Waals surface area contributed by atoms with Gasteiger partial charge in [-0.05, 0) is 19.8 Å². The Morgan fingerprint density at radius 3 is 2.92 bits per heavy atom. The smallest absolute Gasteiger partial charge is 0.137 e. The Bertz CT molecular complexity index is 193. The van der Waals surface area contributed by atoms with Gasteiger partial charge in [-0.3, -0.25) is 4.68 Å². The van der Waals surface area contributed by atoms with Crippen LogP contribution in [0, 0.1) is 0 Å². The first-order chi connectivity index (χ1) is 5.79. The van der Waals surface area contributed by atoms with E-state index in [0.717, 1.165) is 25.8 Å². The molecule has 0 aliphatic carbocycles. The van der Waals surface area contributed by atoms with Crippen molar-refractivity contribution in [1.29, 1.82) is 0 Å². The van der Waals surface area contributed by atoms with Crippen molar-refractivity contribution in [1.82, 2.24) is 14.8 Å². The zero-order chi connectivity index (χ0) is 8.81. The monoisotopic (exact) mass is 168 g/mol. The normalized spacial score (nSPS) is 13.2. The SMILES string of the molecule is C[C@@H](N)CCCCn1cncn1. The van der Waals surface area contributed by atoms with Crippen LogP contribution in [0.2, 0.25) is 0 Å². The predicted molar refractivity (Wildman–Crippen MR) is 47.5 cm³/mol. The number of hydrogen-bond acceptors (Lipinski definition) is 3. The highest BCUT2D eigenvalue weighted by atomic mass is 15.3. The highest BCUT2D eigenvalue weighted by Gasteiger charge is 1.95. The van der Waals surface area contributed by atoms with Crippen LogP contribution in [-0.2, 0) is 6.54 Å². The molecule has 4 nitrogen and oxygen atoms in total. The first kappa shape index (κ1) is 9.19. The topological polar surface area (TPSA) is 56.7 Å².